The predicted molar refractivity (Wildman–Crippen MR) is 84.3 cm³/mol. The van der Waals surface area contributed by atoms with Crippen molar-refractivity contribution in [3.05, 3.63) is 65.2 Å². The molecule has 1 N–H and O–H groups in total. The second-order valence-corrected chi connectivity index (χ2v) is 5.38. The zero-order valence-corrected chi connectivity index (χ0v) is 12.2. The number of hydrogen-bond acceptors (Lipinski definition) is 1. The van der Waals surface area contributed by atoms with E-state index in [1.54, 1.807) is 0 Å². The summed E-state index contributed by atoms with van der Waals surface area (Å²) >= 11 is 0. The molecule has 0 spiro atoms. The van der Waals surface area contributed by atoms with Crippen molar-refractivity contribution >= 4 is 18.1 Å². The number of halogens is 1. The maximum Gasteiger partial charge on any atom is 0.0555 e. The summed E-state index contributed by atoms with van der Waals surface area (Å²) in [6, 6.07) is 18.1. The van der Waals surface area contributed by atoms with Crippen LogP contribution in [0.4, 0.5) is 5.69 Å². The van der Waals surface area contributed by atoms with Crippen molar-refractivity contribution in [2.45, 2.75) is 32.2 Å². The lowest BCUT2D eigenvalue weighted by Crippen LogP contribution is -2.05. The van der Waals surface area contributed by atoms with Crippen molar-refractivity contribution in [1.82, 2.24) is 0 Å². The Kier molecular flexibility index (Phi) is 4.16. The van der Waals surface area contributed by atoms with Crippen LogP contribution in [0.3, 0.4) is 0 Å². The monoisotopic (exact) mass is 273 g/mol. The molecule has 0 aliphatic carbocycles. The number of benzene rings is 2. The zero-order chi connectivity index (χ0) is 12.5. The van der Waals surface area contributed by atoms with Gasteiger partial charge in [0.1, 0.15) is 0 Å². The quantitative estimate of drug-likeness (QED) is 0.817. The predicted octanol–water partition coefficient (Wildman–Crippen LogP) is 4.94. The fourth-order valence-corrected chi connectivity index (χ4v) is 2.61. The van der Waals surface area contributed by atoms with Gasteiger partial charge >= 0.3 is 0 Å². The highest BCUT2D eigenvalue weighted by Crippen LogP contribution is 2.34. The van der Waals surface area contributed by atoms with Crippen LogP contribution in [-0.4, -0.2) is 0 Å². The van der Waals surface area contributed by atoms with E-state index in [0.717, 1.165) is 6.42 Å². The molecule has 2 aromatic rings. The molecule has 1 atom stereocenters. The first-order valence-corrected chi connectivity index (χ1v) is 6.68. The molecule has 3 rings (SSSR count). The average Bonchev–Trinajstić information content (AvgIpc) is 2.82. The van der Waals surface area contributed by atoms with Gasteiger partial charge in [-0.05, 0) is 35.1 Å². The molecular formula is C17H20ClN. The van der Waals surface area contributed by atoms with Gasteiger partial charge in [-0.3, -0.25) is 0 Å². The summed E-state index contributed by atoms with van der Waals surface area (Å²) in [7, 11) is 0. The maximum atomic E-state index is 3.60. The van der Waals surface area contributed by atoms with Crippen LogP contribution in [0.1, 0.15) is 42.5 Å². The number of anilines is 1. The first-order valence-electron chi connectivity index (χ1n) is 6.68. The van der Waals surface area contributed by atoms with E-state index in [4.69, 9.17) is 0 Å². The smallest absolute Gasteiger partial charge is 0.0555 e. The summed E-state index contributed by atoms with van der Waals surface area (Å²) < 4.78 is 0. The third-order valence-corrected chi connectivity index (χ3v) is 3.78. The van der Waals surface area contributed by atoms with E-state index < -0.39 is 0 Å². The largest absolute Gasteiger partial charge is 0.378 e. The summed E-state index contributed by atoms with van der Waals surface area (Å²) in [5.74, 6) is 0.604. The molecule has 0 bridgehead atoms. The Morgan fingerprint density at radius 2 is 1.68 bits per heavy atom. The van der Waals surface area contributed by atoms with Crippen molar-refractivity contribution in [3.63, 3.8) is 0 Å². The van der Waals surface area contributed by atoms with E-state index in [0.29, 0.717) is 12.0 Å². The number of para-hydroxylation sites is 1. The van der Waals surface area contributed by atoms with E-state index in [9.17, 15) is 0 Å². The molecule has 0 aromatic heterocycles. The minimum Gasteiger partial charge on any atom is -0.378 e. The van der Waals surface area contributed by atoms with Gasteiger partial charge < -0.3 is 5.32 Å². The van der Waals surface area contributed by atoms with Gasteiger partial charge in [-0.25, -0.2) is 0 Å². The number of nitrogens with one attached hydrogen (secondary N) is 1. The van der Waals surface area contributed by atoms with Gasteiger partial charge in [-0.1, -0.05) is 56.3 Å². The lowest BCUT2D eigenvalue weighted by molar-refractivity contribution is 0.816. The van der Waals surface area contributed by atoms with Gasteiger partial charge in [-0.2, -0.15) is 0 Å². The summed E-state index contributed by atoms with van der Waals surface area (Å²) in [5, 5.41) is 3.60. The van der Waals surface area contributed by atoms with Crippen LogP contribution in [0.5, 0.6) is 0 Å². The van der Waals surface area contributed by atoms with Crippen molar-refractivity contribution in [3.8, 4) is 0 Å². The third-order valence-electron chi connectivity index (χ3n) is 3.78. The fourth-order valence-electron chi connectivity index (χ4n) is 2.61. The second kappa shape index (κ2) is 5.66. The minimum absolute atomic E-state index is 0. The third kappa shape index (κ3) is 2.76. The standard InChI is InChI=1S/C17H19N.ClH/c1-12(2)13-7-9-14(10-8-13)17-11-15-5-3-4-6-16(15)18-17;/h3-10,12,17-18H,11H2,1-2H3;1H. The van der Waals surface area contributed by atoms with E-state index in [2.05, 4.69) is 67.7 Å². The minimum atomic E-state index is 0. The van der Waals surface area contributed by atoms with Gasteiger partial charge in [0.2, 0.25) is 0 Å². The summed E-state index contributed by atoms with van der Waals surface area (Å²) in [6.45, 7) is 4.47. The van der Waals surface area contributed by atoms with E-state index in [-0.39, 0.29) is 12.4 Å². The molecule has 1 unspecified atom stereocenters. The maximum absolute atomic E-state index is 3.60. The first-order chi connectivity index (χ1) is 8.74. The van der Waals surface area contributed by atoms with Gasteiger partial charge in [0.25, 0.3) is 0 Å². The van der Waals surface area contributed by atoms with Crippen molar-refractivity contribution in [2.24, 2.45) is 0 Å². The van der Waals surface area contributed by atoms with Crippen LogP contribution in [0.2, 0.25) is 0 Å². The Bertz CT molecular complexity index is 520. The molecule has 0 amide bonds. The SMILES string of the molecule is CC(C)c1ccc(C2Cc3ccccc3N2)cc1.Cl. The Hall–Kier alpha value is -1.47. The Labute approximate surface area is 121 Å². The van der Waals surface area contributed by atoms with Crippen LogP contribution in [0.15, 0.2) is 48.5 Å². The average molecular weight is 274 g/mol. The normalized spacial score (nSPS) is 16.7. The number of fused-ring (bicyclic) bond motifs is 1. The van der Waals surface area contributed by atoms with E-state index in [1.807, 2.05) is 0 Å². The molecule has 1 aliphatic rings. The number of hydrogen-bond donors (Lipinski definition) is 1. The molecule has 1 aliphatic heterocycles. The molecule has 1 heterocycles. The fraction of sp³-hybridized carbons (Fsp3) is 0.294. The summed E-state index contributed by atoms with van der Waals surface area (Å²) in [5.41, 5.74) is 5.51. The molecular weight excluding hydrogens is 254 g/mol. The van der Waals surface area contributed by atoms with Crippen LogP contribution in [-0.2, 0) is 6.42 Å². The Balaban J connectivity index is 0.00000133. The van der Waals surface area contributed by atoms with Crippen molar-refractivity contribution in [1.29, 1.82) is 0 Å². The zero-order valence-electron chi connectivity index (χ0n) is 11.4. The lowest BCUT2D eigenvalue weighted by Gasteiger charge is -2.13. The highest BCUT2D eigenvalue weighted by molar-refractivity contribution is 5.85. The molecule has 0 saturated heterocycles. The van der Waals surface area contributed by atoms with Crippen LogP contribution in [0, 0.1) is 0 Å². The van der Waals surface area contributed by atoms with E-state index in [1.165, 1.54) is 22.4 Å². The summed E-state index contributed by atoms with van der Waals surface area (Å²) in [4.78, 5) is 0. The van der Waals surface area contributed by atoms with Gasteiger partial charge in [0, 0.05) is 5.69 Å². The molecule has 1 nitrogen and oxygen atoms in total. The molecule has 0 saturated carbocycles. The Morgan fingerprint density at radius 3 is 2.32 bits per heavy atom. The van der Waals surface area contributed by atoms with Gasteiger partial charge in [0.15, 0.2) is 0 Å². The molecule has 19 heavy (non-hydrogen) atoms. The van der Waals surface area contributed by atoms with Gasteiger partial charge in [0.05, 0.1) is 6.04 Å². The highest BCUT2D eigenvalue weighted by atomic mass is 35.5. The van der Waals surface area contributed by atoms with Gasteiger partial charge in [-0.15, -0.1) is 12.4 Å². The molecule has 0 fully saturated rings. The van der Waals surface area contributed by atoms with E-state index >= 15 is 0 Å². The van der Waals surface area contributed by atoms with Crippen LogP contribution >= 0.6 is 12.4 Å². The van der Waals surface area contributed by atoms with Crippen molar-refractivity contribution in [2.75, 3.05) is 5.32 Å². The van der Waals surface area contributed by atoms with Crippen molar-refractivity contribution < 1.29 is 0 Å². The lowest BCUT2D eigenvalue weighted by atomic mass is 9.98. The molecule has 0 radical (unpaired) electrons. The van der Waals surface area contributed by atoms with Crippen LogP contribution in [0.25, 0.3) is 0 Å². The molecule has 2 heteroatoms. The molecule has 100 valence electrons. The number of rotatable bonds is 2. The molecule has 2 aromatic carbocycles. The summed E-state index contributed by atoms with van der Waals surface area (Å²) in [6.07, 6.45) is 1.09. The Morgan fingerprint density at radius 1 is 1.00 bits per heavy atom. The second-order valence-electron chi connectivity index (χ2n) is 5.38. The highest BCUT2D eigenvalue weighted by Gasteiger charge is 2.21. The first kappa shape index (κ1) is 14.0. The van der Waals surface area contributed by atoms with Crippen LogP contribution < -0.4 is 5.32 Å². The topological polar surface area (TPSA) is 12.0 Å².